The molecule has 1 saturated heterocycles. The molecule has 0 bridgehead atoms. The second-order valence-corrected chi connectivity index (χ2v) is 6.38. The summed E-state index contributed by atoms with van der Waals surface area (Å²) in [7, 11) is 0. The topological polar surface area (TPSA) is 44.8 Å². The number of rotatable bonds is 6. The van der Waals surface area contributed by atoms with Gasteiger partial charge in [0.1, 0.15) is 5.75 Å². The van der Waals surface area contributed by atoms with Gasteiger partial charge in [-0.15, -0.1) is 0 Å². The van der Waals surface area contributed by atoms with Crippen LogP contribution in [-0.2, 0) is 0 Å². The number of hydrogen-bond donors (Lipinski definition) is 1. The summed E-state index contributed by atoms with van der Waals surface area (Å²) < 4.78 is 5.40. The Morgan fingerprint density at radius 1 is 0.962 bits per heavy atom. The van der Waals surface area contributed by atoms with Crippen LogP contribution in [0, 0.1) is 0 Å². The zero-order valence-electron chi connectivity index (χ0n) is 15.6. The summed E-state index contributed by atoms with van der Waals surface area (Å²) in [6.45, 7) is 10.2. The minimum absolute atomic E-state index is 0.114. The first-order valence-electron chi connectivity index (χ1n) is 9.31. The van der Waals surface area contributed by atoms with Crippen molar-refractivity contribution in [2.24, 2.45) is 0 Å². The molecular formula is C21H27N3O2. The standard InChI is InChI=1S/C21H27N3O2/c1-3-23-13-15-24(16-14-23)19-9-7-18(8-10-19)22-21(25)17-5-11-20(12-6-17)26-4-2/h5-12H,3-4,13-16H2,1-2H3,(H,22,25). The Morgan fingerprint density at radius 2 is 1.62 bits per heavy atom. The van der Waals surface area contributed by atoms with E-state index in [-0.39, 0.29) is 5.91 Å². The molecule has 1 amide bonds. The minimum Gasteiger partial charge on any atom is -0.494 e. The molecule has 1 aliphatic heterocycles. The maximum absolute atomic E-state index is 12.4. The highest BCUT2D eigenvalue weighted by atomic mass is 16.5. The first-order valence-corrected chi connectivity index (χ1v) is 9.31. The largest absolute Gasteiger partial charge is 0.494 e. The molecule has 5 heteroatoms. The Balaban J connectivity index is 1.57. The van der Waals surface area contributed by atoms with Crippen LogP contribution in [0.25, 0.3) is 0 Å². The lowest BCUT2D eigenvalue weighted by atomic mass is 10.2. The Bertz CT molecular complexity index is 705. The number of nitrogens with one attached hydrogen (secondary N) is 1. The molecule has 1 N–H and O–H groups in total. The molecule has 0 unspecified atom stereocenters. The van der Waals surface area contributed by atoms with Crippen molar-refractivity contribution in [3.63, 3.8) is 0 Å². The average Bonchev–Trinajstić information content (AvgIpc) is 2.69. The highest BCUT2D eigenvalue weighted by Gasteiger charge is 2.15. The third kappa shape index (κ3) is 4.55. The zero-order valence-corrected chi connectivity index (χ0v) is 15.6. The van der Waals surface area contributed by atoms with Gasteiger partial charge < -0.3 is 19.9 Å². The normalized spacial score (nSPS) is 14.9. The van der Waals surface area contributed by atoms with Gasteiger partial charge in [0.15, 0.2) is 0 Å². The van der Waals surface area contributed by atoms with E-state index in [9.17, 15) is 4.79 Å². The van der Waals surface area contributed by atoms with E-state index in [1.807, 2.05) is 31.2 Å². The van der Waals surface area contributed by atoms with Gasteiger partial charge in [0.25, 0.3) is 5.91 Å². The van der Waals surface area contributed by atoms with Crippen LogP contribution in [0.2, 0.25) is 0 Å². The molecule has 0 spiro atoms. The molecule has 2 aromatic carbocycles. The Labute approximate surface area is 155 Å². The molecule has 0 saturated carbocycles. The first kappa shape index (κ1) is 18.3. The third-order valence-corrected chi connectivity index (χ3v) is 4.74. The van der Waals surface area contributed by atoms with Crippen molar-refractivity contribution in [2.75, 3.05) is 49.5 Å². The second kappa shape index (κ2) is 8.72. The monoisotopic (exact) mass is 353 g/mol. The van der Waals surface area contributed by atoms with E-state index in [2.05, 4.69) is 34.2 Å². The molecule has 1 fully saturated rings. The molecule has 0 radical (unpaired) electrons. The molecule has 0 aromatic heterocycles. The van der Waals surface area contributed by atoms with Gasteiger partial charge >= 0.3 is 0 Å². The van der Waals surface area contributed by atoms with Crippen molar-refractivity contribution in [3.05, 3.63) is 54.1 Å². The maximum Gasteiger partial charge on any atom is 0.255 e. The SMILES string of the molecule is CCOc1ccc(C(=O)Nc2ccc(N3CCN(CC)CC3)cc2)cc1. The smallest absolute Gasteiger partial charge is 0.255 e. The van der Waals surface area contributed by atoms with Gasteiger partial charge in [-0.05, 0) is 62.0 Å². The minimum atomic E-state index is -0.114. The fraction of sp³-hybridized carbons (Fsp3) is 0.381. The third-order valence-electron chi connectivity index (χ3n) is 4.74. The predicted molar refractivity (Wildman–Crippen MR) is 106 cm³/mol. The summed E-state index contributed by atoms with van der Waals surface area (Å²) in [5.74, 6) is 0.661. The molecule has 3 rings (SSSR count). The summed E-state index contributed by atoms with van der Waals surface area (Å²) in [4.78, 5) is 17.2. The van der Waals surface area contributed by atoms with E-state index in [0.29, 0.717) is 12.2 Å². The number of anilines is 2. The summed E-state index contributed by atoms with van der Waals surface area (Å²) in [5, 5.41) is 2.95. The lowest BCUT2D eigenvalue weighted by molar-refractivity contribution is 0.102. The summed E-state index contributed by atoms with van der Waals surface area (Å²) in [5.41, 5.74) is 2.63. The fourth-order valence-electron chi connectivity index (χ4n) is 3.15. The van der Waals surface area contributed by atoms with E-state index in [1.165, 1.54) is 5.69 Å². The van der Waals surface area contributed by atoms with Crippen LogP contribution in [0.1, 0.15) is 24.2 Å². The second-order valence-electron chi connectivity index (χ2n) is 6.38. The molecule has 26 heavy (non-hydrogen) atoms. The fourth-order valence-corrected chi connectivity index (χ4v) is 3.15. The van der Waals surface area contributed by atoms with Crippen molar-refractivity contribution < 1.29 is 9.53 Å². The number of carbonyl (C=O) groups is 1. The average molecular weight is 353 g/mol. The number of benzene rings is 2. The van der Waals surface area contributed by atoms with Gasteiger partial charge in [0, 0.05) is 43.1 Å². The van der Waals surface area contributed by atoms with Gasteiger partial charge in [-0.1, -0.05) is 6.92 Å². The molecule has 5 nitrogen and oxygen atoms in total. The van der Waals surface area contributed by atoms with Crippen LogP contribution >= 0.6 is 0 Å². The number of ether oxygens (including phenoxy) is 1. The summed E-state index contributed by atoms with van der Waals surface area (Å²) in [6, 6.07) is 15.3. The van der Waals surface area contributed by atoms with Crippen LogP contribution in [-0.4, -0.2) is 50.1 Å². The van der Waals surface area contributed by atoms with Crippen molar-refractivity contribution in [2.45, 2.75) is 13.8 Å². The predicted octanol–water partition coefficient (Wildman–Crippen LogP) is 3.48. The molecular weight excluding hydrogens is 326 g/mol. The number of amides is 1. The number of piperazine rings is 1. The number of likely N-dealkylation sites (N-methyl/N-ethyl adjacent to an activating group) is 1. The van der Waals surface area contributed by atoms with Crippen molar-refractivity contribution in [3.8, 4) is 5.75 Å². The van der Waals surface area contributed by atoms with Gasteiger partial charge in [-0.2, -0.15) is 0 Å². The number of nitrogens with zero attached hydrogens (tertiary/aromatic N) is 2. The Hall–Kier alpha value is -2.53. The highest BCUT2D eigenvalue weighted by molar-refractivity contribution is 6.04. The molecule has 0 atom stereocenters. The van der Waals surface area contributed by atoms with E-state index in [0.717, 1.165) is 44.2 Å². The summed E-state index contributed by atoms with van der Waals surface area (Å²) in [6.07, 6.45) is 0. The zero-order chi connectivity index (χ0) is 18.4. The van der Waals surface area contributed by atoms with Crippen LogP contribution in [0.4, 0.5) is 11.4 Å². The van der Waals surface area contributed by atoms with Gasteiger partial charge in [0.05, 0.1) is 6.61 Å². The van der Waals surface area contributed by atoms with Gasteiger partial charge in [0.2, 0.25) is 0 Å². The maximum atomic E-state index is 12.4. The van der Waals surface area contributed by atoms with Crippen LogP contribution in [0.15, 0.2) is 48.5 Å². The van der Waals surface area contributed by atoms with E-state index < -0.39 is 0 Å². The number of carbonyl (C=O) groups excluding carboxylic acids is 1. The molecule has 1 heterocycles. The lowest BCUT2D eigenvalue weighted by Crippen LogP contribution is -2.46. The quantitative estimate of drug-likeness (QED) is 0.864. The molecule has 138 valence electrons. The van der Waals surface area contributed by atoms with Crippen LogP contribution < -0.4 is 15.0 Å². The van der Waals surface area contributed by atoms with Crippen molar-refractivity contribution in [1.82, 2.24) is 4.90 Å². The van der Waals surface area contributed by atoms with E-state index >= 15 is 0 Å². The van der Waals surface area contributed by atoms with Crippen molar-refractivity contribution in [1.29, 1.82) is 0 Å². The summed E-state index contributed by atoms with van der Waals surface area (Å²) >= 11 is 0. The highest BCUT2D eigenvalue weighted by Crippen LogP contribution is 2.20. The van der Waals surface area contributed by atoms with E-state index in [1.54, 1.807) is 12.1 Å². The van der Waals surface area contributed by atoms with Gasteiger partial charge in [-0.3, -0.25) is 4.79 Å². The lowest BCUT2D eigenvalue weighted by Gasteiger charge is -2.35. The van der Waals surface area contributed by atoms with Crippen LogP contribution in [0.5, 0.6) is 5.75 Å². The molecule has 1 aliphatic rings. The van der Waals surface area contributed by atoms with Crippen molar-refractivity contribution >= 4 is 17.3 Å². The number of hydrogen-bond acceptors (Lipinski definition) is 4. The molecule has 0 aliphatic carbocycles. The Morgan fingerprint density at radius 3 is 2.19 bits per heavy atom. The Kier molecular flexibility index (Phi) is 6.12. The first-order chi connectivity index (χ1) is 12.7. The van der Waals surface area contributed by atoms with E-state index in [4.69, 9.17) is 4.74 Å². The van der Waals surface area contributed by atoms with Crippen LogP contribution in [0.3, 0.4) is 0 Å². The molecule has 2 aromatic rings. The van der Waals surface area contributed by atoms with Gasteiger partial charge in [-0.25, -0.2) is 0 Å².